The van der Waals surface area contributed by atoms with E-state index in [1.54, 1.807) is 0 Å². The average molecular weight is 228 g/mol. The van der Waals surface area contributed by atoms with Crippen molar-refractivity contribution in [1.29, 1.82) is 0 Å². The maximum Gasteiger partial charge on any atom is 0.0906 e. The lowest BCUT2D eigenvalue weighted by Crippen LogP contribution is -2.47. The second kappa shape index (κ2) is 5.50. The number of ether oxygens (including phenoxy) is 1. The molecule has 0 saturated heterocycles. The van der Waals surface area contributed by atoms with E-state index >= 15 is 0 Å². The Balaban J connectivity index is 2.23. The fourth-order valence-corrected chi connectivity index (χ4v) is 2.13. The lowest BCUT2D eigenvalue weighted by atomic mass is 9.86. The molecule has 1 rings (SSSR count). The quantitative estimate of drug-likeness (QED) is 0.780. The monoisotopic (exact) mass is 228 g/mol. The summed E-state index contributed by atoms with van der Waals surface area (Å²) >= 11 is 0. The number of rotatable bonds is 5. The minimum atomic E-state index is -0.778. The summed E-state index contributed by atoms with van der Waals surface area (Å²) in [6.07, 6.45) is 8.07. The van der Waals surface area contributed by atoms with Crippen molar-refractivity contribution >= 4 is 0 Å². The molecule has 0 amide bonds. The van der Waals surface area contributed by atoms with Crippen LogP contribution in [0.4, 0.5) is 0 Å². The van der Waals surface area contributed by atoms with Gasteiger partial charge in [-0.3, -0.25) is 0 Å². The van der Waals surface area contributed by atoms with Gasteiger partial charge in [0.25, 0.3) is 0 Å². The van der Waals surface area contributed by atoms with E-state index in [2.05, 4.69) is 0 Å². The van der Waals surface area contributed by atoms with Crippen molar-refractivity contribution in [3.63, 3.8) is 0 Å². The summed E-state index contributed by atoms with van der Waals surface area (Å²) in [7, 11) is 0. The fourth-order valence-electron chi connectivity index (χ4n) is 2.13. The van der Waals surface area contributed by atoms with Crippen LogP contribution in [0.5, 0.6) is 0 Å². The Labute approximate surface area is 100 Å². The molecule has 1 aliphatic rings. The Kier molecular flexibility index (Phi) is 4.81. The van der Waals surface area contributed by atoms with Gasteiger partial charge in [0, 0.05) is 6.61 Å². The van der Waals surface area contributed by atoms with Crippen LogP contribution in [0.2, 0.25) is 0 Å². The summed E-state index contributed by atoms with van der Waals surface area (Å²) < 4.78 is 5.85. The van der Waals surface area contributed by atoms with Gasteiger partial charge in [-0.25, -0.2) is 0 Å². The fraction of sp³-hybridized carbons (Fsp3) is 1.00. The van der Waals surface area contributed by atoms with Gasteiger partial charge in [-0.05, 0) is 40.0 Å². The van der Waals surface area contributed by atoms with Crippen LogP contribution >= 0.6 is 0 Å². The van der Waals surface area contributed by atoms with Gasteiger partial charge in [-0.1, -0.05) is 32.1 Å². The van der Waals surface area contributed by atoms with Crippen molar-refractivity contribution < 1.29 is 9.84 Å². The standard InChI is InChI=1S/C14H28O2/c1-13(2,15)14(3,4)16-11-10-12-8-6-5-7-9-12/h12,15H,5-11H2,1-4H3. The normalized spacial score (nSPS) is 20.1. The highest BCUT2D eigenvalue weighted by molar-refractivity contribution is 4.87. The Hall–Kier alpha value is -0.0800. The van der Waals surface area contributed by atoms with Crippen molar-refractivity contribution in [1.82, 2.24) is 0 Å². The van der Waals surface area contributed by atoms with Crippen molar-refractivity contribution in [2.45, 2.75) is 77.4 Å². The molecule has 0 aliphatic heterocycles. The van der Waals surface area contributed by atoms with Crippen molar-refractivity contribution in [2.24, 2.45) is 5.92 Å². The highest BCUT2D eigenvalue weighted by Crippen LogP contribution is 2.29. The minimum absolute atomic E-state index is 0.457. The number of aliphatic hydroxyl groups is 1. The molecule has 0 heterocycles. The van der Waals surface area contributed by atoms with E-state index in [4.69, 9.17) is 4.74 Å². The van der Waals surface area contributed by atoms with Gasteiger partial charge in [-0.2, -0.15) is 0 Å². The molecule has 16 heavy (non-hydrogen) atoms. The Morgan fingerprint density at radius 3 is 2.12 bits per heavy atom. The maximum atomic E-state index is 9.96. The second-order valence-corrected chi connectivity index (χ2v) is 6.21. The molecular formula is C14H28O2. The van der Waals surface area contributed by atoms with E-state index in [0.717, 1.165) is 18.9 Å². The Morgan fingerprint density at radius 1 is 1.06 bits per heavy atom. The zero-order valence-corrected chi connectivity index (χ0v) is 11.4. The molecule has 1 N–H and O–H groups in total. The Bertz CT molecular complexity index is 197. The molecular weight excluding hydrogens is 200 g/mol. The summed E-state index contributed by atoms with van der Waals surface area (Å²) in [5.74, 6) is 0.853. The molecule has 2 nitrogen and oxygen atoms in total. The number of hydrogen-bond donors (Lipinski definition) is 1. The topological polar surface area (TPSA) is 29.5 Å². The molecule has 0 radical (unpaired) electrons. The first-order valence-corrected chi connectivity index (χ1v) is 6.69. The Morgan fingerprint density at radius 2 is 1.62 bits per heavy atom. The summed E-state index contributed by atoms with van der Waals surface area (Å²) in [4.78, 5) is 0. The SMILES string of the molecule is CC(C)(O)C(C)(C)OCCC1CCCCC1. The number of hydrogen-bond acceptors (Lipinski definition) is 2. The van der Waals surface area contributed by atoms with Crippen LogP contribution in [0.25, 0.3) is 0 Å². The van der Waals surface area contributed by atoms with Crippen LogP contribution in [0.15, 0.2) is 0 Å². The van der Waals surface area contributed by atoms with Crippen LogP contribution in [0.1, 0.15) is 66.2 Å². The van der Waals surface area contributed by atoms with E-state index in [9.17, 15) is 5.11 Å². The molecule has 0 aromatic carbocycles. The van der Waals surface area contributed by atoms with E-state index in [1.807, 2.05) is 27.7 Å². The second-order valence-electron chi connectivity index (χ2n) is 6.21. The lowest BCUT2D eigenvalue weighted by Gasteiger charge is -2.37. The largest absolute Gasteiger partial charge is 0.387 e. The first-order chi connectivity index (χ1) is 7.33. The van der Waals surface area contributed by atoms with Crippen molar-refractivity contribution in [3.05, 3.63) is 0 Å². The molecule has 1 fully saturated rings. The smallest absolute Gasteiger partial charge is 0.0906 e. The van der Waals surface area contributed by atoms with Crippen molar-refractivity contribution in [2.75, 3.05) is 6.61 Å². The van der Waals surface area contributed by atoms with Crippen LogP contribution in [-0.4, -0.2) is 22.9 Å². The van der Waals surface area contributed by atoms with Gasteiger partial charge in [0.2, 0.25) is 0 Å². The maximum absolute atomic E-state index is 9.96. The van der Waals surface area contributed by atoms with Crippen LogP contribution < -0.4 is 0 Å². The highest BCUT2D eigenvalue weighted by atomic mass is 16.5. The van der Waals surface area contributed by atoms with Gasteiger partial charge < -0.3 is 9.84 Å². The predicted octanol–water partition coefficient (Wildman–Crippen LogP) is 3.52. The molecule has 0 bridgehead atoms. The molecule has 1 aliphatic carbocycles. The zero-order valence-electron chi connectivity index (χ0n) is 11.4. The van der Waals surface area contributed by atoms with Crippen LogP contribution in [-0.2, 0) is 4.74 Å². The molecule has 0 aromatic rings. The van der Waals surface area contributed by atoms with Gasteiger partial charge in [0.15, 0.2) is 0 Å². The third-order valence-electron chi connectivity index (χ3n) is 4.19. The molecule has 0 unspecified atom stereocenters. The summed E-state index contributed by atoms with van der Waals surface area (Å²) in [6, 6.07) is 0. The van der Waals surface area contributed by atoms with E-state index in [1.165, 1.54) is 32.1 Å². The van der Waals surface area contributed by atoms with E-state index in [-0.39, 0.29) is 0 Å². The molecule has 1 saturated carbocycles. The lowest BCUT2D eigenvalue weighted by molar-refractivity contribution is -0.149. The molecule has 0 aromatic heterocycles. The van der Waals surface area contributed by atoms with E-state index in [0.29, 0.717) is 0 Å². The molecule has 0 spiro atoms. The third-order valence-corrected chi connectivity index (χ3v) is 4.19. The van der Waals surface area contributed by atoms with Crippen LogP contribution in [0, 0.1) is 5.92 Å². The average Bonchev–Trinajstić information content (AvgIpc) is 2.17. The van der Waals surface area contributed by atoms with Gasteiger partial charge >= 0.3 is 0 Å². The van der Waals surface area contributed by atoms with Gasteiger partial charge in [0.1, 0.15) is 0 Å². The summed E-state index contributed by atoms with van der Waals surface area (Å²) in [5, 5.41) is 9.96. The van der Waals surface area contributed by atoms with Crippen molar-refractivity contribution in [3.8, 4) is 0 Å². The molecule has 96 valence electrons. The summed E-state index contributed by atoms with van der Waals surface area (Å²) in [5.41, 5.74) is -1.23. The zero-order chi connectivity index (χ0) is 12.2. The van der Waals surface area contributed by atoms with E-state index < -0.39 is 11.2 Å². The first kappa shape index (κ1) is 14.0. The van der Waals surface area contributed by atoms with Crippen LogP contribution in [0.3, 0.4) is 0 Å². The first-order valence-electron chi connectivity index (χ1n) is 6.69. The third kappa shape index (κ3) is 4.06. The minimum Gasteiger partial charge on any atom is -0.387 e. The van der Waals surface area contributed by atoms with Gasteiger partial charge in [-0.15, -0.1) is 0 Å². The highest BCUT2D eigenvalue weighted by Gasteiger charge is 2.35. The molecule has 0 atom stereocenters. The van der Waals surface area contributed by atoms with Gasteiger partial charge in [0.05, 0.1) is 11.2 Å². The molecule has 2 heteroatoms. The summed E-state index contributed by atoms with van der Waals surface area (Å²) in [6.45, 7) is 8.34. The predicted molar refractivity (Wildman–Crippen MR) is 67.5 cm³/mol.